The summed E-state index contributed by atoms with van der Waals surface area (Å²) in [5.41, 5.74) is 1.02. The van der Waals surface area contributed by atoms with Crippen molar-refractivity contribution in [3.05, 3.63) is 59.7 Å². The number of aliphatic hydroxyl groups excluding tert-OH is 1. The highest BCUT2D eigenvalue weighted by Crippen LogP contribution is 2.22. The molecule has 1 fully saturated rings. The summed E-state index contributed by atoms with van der Waals surface area (Å²) < 4.78 is 10.2. The molecule has 3 rings (SSSR count). The Kier molecular flexibility index (Phi) is 6.16. The molecule has 2 aromatic rings. The van der Waals surface area contributed by atoms with Gasteiger partial charge in [0.15, 0.2) is 0 Å². The van der Waals surface area contributed by atoms with Crippen LogP contribution in [0.1, 0.15) is 27.1 Å². The first-order chi connectivity index (χ1) is 13.5. The number of likely N-dealkylation sites (tertiary alicyclic amines) is 1. The number of hydrogen-bond donors (Lipinski definition) is 2. The molecule has 0 saturated carbocycles. The highest BCUT2D eigenvalue weighted by atomic mass is 16.5. The molecule has 1 aliphatic rings. The Bertz CT molecular complexity index is 820. The maximum absolute atomic E-state index is 12.8. The van der Waals surface area contributed by atoms with Gasteiger partial charge in [0.25, 0.3) is 11.8 Å². The van der Waals surface area contributed by atoms with Crippen LogP contribution in [0.2, 0.25) is 0 Å². The van der Waals surface area contributed by atoms with E-state index < -0.39 is 6.10 Å². The first-order valence-electron chi connectivity index (χ1n) is 9.07. The molecule has 2 atom stereocenters. The normalized spacial score (nSPS) is 18.6. The number of amides is 2. The van der Waals surface area contributed by atoms with Crippen LogP contribution in [-0.2, 0) is 0 Å². The summed E-state index contributed by atoms with van der Waals surface area (Å²) in [4.78, 5) is 26.8. The second kappa shape index (κ2) is 8.75. The monoisotopic (exact) mass is 384 g/mol. The minimum absolute atomic E-state index is 0.178. The third kappa shape index (κ3) is 4.43. The Balaban J connectivity index is 1.64. The predicted octanol–water partition coefficient (Wildman–Crippen LogP) is 1.71. The van der Waals surface area contributed by atoms with E-state index in [1.807, 2.05) is 0 Å². The molecule has 0 aliphatic carbocycles. The Labute approximate surface area is 163 Å². The highest BCUT2D eigenvalue weighted by Gasteiger charge is 2.34. The van der Waals surface area contributed by atoms with Gasteiger partial charge in [0.1, 0.15) is 11.5 Å². The van der Waals surface area contributed by atoms with E-state index in [2.05, 4.69) is 5.32 Å². The van der Waals surface area contributed by atoms with Gasteiger partial charge in [-0.25, -0.2) is 0 Å². The summed E-state index contributed by atoms with van der Waals surface area (Å²) in [6.45, 7) is 0.512. The molecule has 0 spiro atoms. The van der Waals surface area contributed by atoms with Crippen LogP contribution in [-0.4, -0.2) is 61.3 Å². The Morgan fingerprint density at radius 3 is 2.07 bits per heavy atom. The smallest absolute Gasteiger partial charge is 0.254 e. The van der Waals surface area contributed by atoms with Crippen molar-refractivity contribution in [3.8, 4) is 11.5 Å². The maximum Gasteiger partial charge on any atom is 0.254 e. The van der Waals surface area contributed by atoms with Gasteiger partial charge in [0.05, 0.1) is 26.4 Å². The quantitative estimate of drug-likeness (QED) is 0.792. The van der Waals surface area contributed by atoms with E-state index in [1.54, 1.807) is 67.7 Å². The van der Waals surface area contributed by atoms with E-state index >= 15 is 0 Å². The third-order valence-corrected chi connectivity index (χ3v) is 4.84. The number of β-amino-alcohol motifs (C(OH)–C–C–N with tert-alkyl or cyclic N) is 1. The fraction of sp³-hybridized carbons (Fsp3) is 0.333. The first-order valence-corrected chi connectivity index (χ1v) is 9.07. The summed E-state index contributed by atoms with van der Waals surface area (Å²) in [6, 6.07) is 13.3. The molecule has 7 nitrogen and oxygen atoms in total. The van der Waals surface area contributed by atoms with Crippen LogP contribution < -0.4 is 14.8 Å². The molecular weight excluding hydrogens is 360 g/mol. The number of carbonyl (C=O) groups is 2. The van der Waals surface area contributed by atoms with Crippen LogP contribution in [0.3, 0.4) is 0 Å². The van der Waals surface area contributed by atoms with Crippen molar-refractivity contribution in [1.82, 2.24) is 10.2 Å². The van der Waals surface area contributed by atoms with Gasteiger partial charge in [-0.1, -0.05) is 0 Å². The molecule has 1 heterocycles. The van der Waals surface area contributed by atoms with Gasteiger partial charge >= 0.3 is 0 Å². The van der Waals surface area contributed by atoms with Gasteiger partial charge in [0, 0.05) is 24.2 Å². The zero-order chi connectivity index (χ0) is 20.1. The molecule has 0 bridgehead atoms. The number of carbonyl (C=O) groups excluding carboxylic acids is 2. The molecule has 148 valence electrons. The van der Waals surface area contributed by atoms with E-state index in [0.717, 1.165) is 0 Å². The Morgan fingerprint density at radius 1 is 1.00 bits per heavy atom. The molecular formula is C21H24N2O5. The van der Waals surface area contributed by atoms with Crippen LogP contribution >= 0.6 is 0 Å². The van der Waals surface area contributed by atoms with Crippen LogP contribution in [0, 0.1) is 0 Å². The minimum Gasteiger partial charge on any atom is -0.497 e. The predicted molar refractivity (Wildman–Crippen MR) is 104 cm³/mol. The number of ether oxygens (including phenoxy) is 2. The van der Waals surface area contributed by atoms with Gasteiger partial charge in [-0.3, -0.25) is 9.59 Å². The average molecular weight is 384 g/mol. The van der Waals surface area contributed by atoms with Crippen LogP contribution in [0.5, 0.6) is 11.5 Å². The van der Waals surface area contributed by atoms with Crippen molar-refractivity contribution in [3.63, 3.8) is 0 Å². The third-order valence-electron chi connectivity index (χ3n) is 4.84. The van der Waals surface area contributed by atoms with Gasteiger partial charge < -0.3 is 24.8 Å². The van der Waals surface area contributed by atoms with Gasteiger partial charge in [-0.05, 0) is 55.0 Å². The topological polar surface area (TPSA) is 88.1 Å². The lowest BCUT2D eigenvalue weighted by atomic mass is 10.1. The van der Waals surface area contributed by atoms with Crippen molar-refractivity contribution >= 4 is 11.8 Å². The van der Waals surface area contributed by atoms with Crippen molar-refractivity contribution < 1.29 is 24.2 Å². The fourth-order valence-corrected chi connectivity index (χ4v) is 3.29. The first kappa shape index (κ1) is 19.7. The number of hydrogen-bond acceptors (Lipinski definition) is 5. The molecule has 28 heavy (non-hydrogen) atoms. The molecule has 0 radical (unpaired) electrons. The van der Waals surface area contributed by atoms with Crippen molar-refractivity contribution in [2.45, 2.75) is 18.6 Å². The lowest BCUT2D eigenvalue weighted by Gasteiger charge is -2.25. The average Bonchev–Trinajstić information content (AvgIpc) is 3.12. The second-order valence-corrected chi connectivity index (χ2v) is 6.67. The number of aliphatic hydroxyl groups is 1. The number of methoxy groups -OCH3 is 2. The summed E-state index contributed by atoms with van der Waals surface area (Å²) in [6.07, 6.45) is -0.185. The number of benzene rings is 2. The molecule has 0 unspecified atom stereocenters. The van der Waals surface area contributed by atoms with Crippen LogP contribution in [0.4, 0.5) is 0 Å². The van der Waals surface area contributed by atoms with Gasteiger partial charge in [-0.15, -0.1) is 0 Å². The van der Waals surface area contributed by atoms with E-state index in [4.69, 9.17) is 9.47 Å². The van der Waals surface area contributed by atoms with E-state index in [9.17, 15) is 14.7 Å². The molecule has 1 aliphatic heterocycles. The lowest BCUT2D eigenvalue weighted by Crippen LogP contribution is -2.43. The van der Waals surface area contributed by atoms with E-state index in [1.165, 1.54) is 0 Å². The zero-order valence-electron chi connectivity index (χ0n) is 15.9. The second-order valence-electron chi connectivity index (χ2n) is 6.67. The molecule has 2 aromatic carbocycles. The molecule has 7 heteroatoms. The molecule has 0 aromatic heterocycles. The Morgan fingerprint density at radius 2 is 1.54 bits per heavy atom. The number of rotatable bonds is 6. The van der Waals surface area contributed by atoms with Crippen molar-refractivity contribution in [1.29, 1.82) is 0 Å². The van der Waals surface area contributed by atoms with Gasteiger partial charge in [0.2, 0.25) is 0 Å². The van der Waals surface area contributed by atoms with E-state index in [0.29, 0.717) is 29.0 Å². The standard InChI is InChI=1S/C21H24N2O5/c1-27-18-7-3-14(4-8-18)20(25)22-12-16-11-17(24)13-23(16)21(26)15-5-9-19(28-2)10-6-15/h3-10,16-17,24H,11-13H2,1-2H3,(H,22,25)/t16-,17+/m0/s1. The molecule has 2 N–H and O–H groups in total. The summed E-state index contributed by atoms with van der Waals surface area (Å²) >= 11 is 0. The summed E-state index contributed by atoms with van der Waals surface area (Å²) in [5, 5.41) is 12.9. The molecule has 1 saturated heterocycles. The van der Waals surface area contributed by atoms with Crippen LogP contribution in [0.15, 0.2) is 48.5 Å². The van der Waals surface area contributed by atoms with Crippen LogP contribution in [0.25, 0.3) is 0 Å². The SMILES string of the molecule is COc1ccc(C(=O)NC[C@@H]2C[C@@H](O)CN2C(=O)c2ccc(OC)cc2)cc1. The van der Waals surface area contributed by atoms with E-state index in [-0.39, 0.29) is 30.9 Å². The molecule has 2 amide bonds. The van der Waals surface area contributed by atoms with Gasteiger partial charge in [-0.2, -0.15) is 0 Å². The minimum atomic E-state index is -0.606. The Hall–Kier alpha value is -3.06. The lowest BCUT2D eigenvalue weighted by molar-refractivity contribution is 0.0707. The summed E-state index contributed by atoms with van der Waals surface area (Å²) in [5.74, 6) is 0.928. The van der Waals surface area contributed by atoms with Crippen molar-refractivity contribution in [2.24, 2.45) is 0 Å². The number of nitrogens with zero attached hydrogens (tertiary/aromatic N) is 1. The fourth-order valence-electron chi connectivity index (χ4n) is 3.29. The maximum atomic E-state index is 12.8. The summed E-state index contributed by atoms with van der Waals surface area (Å²) in [7, 11) is 3.13. The number of nitrogens with one attached hydrogen (secondary N) is 1. The largest absolute Gasteiger partial charge is 0.497 e. The zero-order valence-corrected chi connectivity index (χ0v) is 15.9. The van der Waals surface area contributed by atoms with Crippen molar-refractivity contribution in [2.75, 3.05) is 27.3 Å². The highest BCUT2D eigenvalue weighted by molar-refractivity contribution is 5.95.